The van der Waals surface area contributed by atoms with Crippen LogP contribution in [-0.4, -0.2) is 29.8 Å². The summed E-state index contributed by atoms with van der Waals surface area (Å²) >= 11 is 0. The van der Waals surface area contributed by atoms with Crippen LogP contribution < -0.4 is 5.32 Å². The van der Waals surface area contributed by atoms with Gasteiger partial charge in [-0.05, 0) is 31.5 Å². The standard InChI is InChI=1S/C18H21FN2O3/c1-3-10-21(18(23)14-9-12-24-13(14)2)11-8-17(22)20-16-7-5-4-6-15(16)19/h4-7,9,12H,3,8,10-11H2,1-2H3,(H,20,22). The molecule has 0 unspecified atom stereocenters. The number of hydrogen-bond donors (Lipinski definition) is 1. The van der Waals surface area contributed by atoms with Gasteiger partial charge in [-0.2, -0.15) is 0 Å². The van der Waals surface area contributed by atoms with E-state index in [4.69, 9.17) is 4.42 Å². The Morgan fingerprint density at radius 1 is 1.21 bits per heavy atom. The van der Waals surface area contributed by atoms with Gasteiger partial charge in [-0.25, -0.2) is 4.39 Å². The van der Waals surface area contributed by atoms with E-state index in [0.29, 0.717) is 17.9 Å². The monoisotopic (exact) mass is 332 g/mol. The summed E-state index contributed by atoms with van der Waals surface area (Å²) < 4.78 is 18.7. The van der Waals surface area contributed by atoms with Crippen molar-refractivity contribution in [1.82, 2.24) is 4.90 Å². The van der Waals surface area contributed by atoms with Crippen molar-refractivity contribution in [3.05, 3.63) is 53.7 Å². The van der Waals surface area contributed by atoms with Gasteiger partial charge in [0.05, 0.1) is 17.5 Å². The third kappa shape index (κ3) is 4.44. The Balaban J connectivity index is 1.96. The van der Waals surface area contributed by atoms with Crippen molar-refractivity contribution in [3.8, 4) is 0 Å². The Hall–Kier alpha value is -2.63. The molecule has 24 heavy (non-hydrogen) atoms. The van der Waals surface area contributed by atoms with Crippen molar-refractivity contribution in [2.75, 3.05) is 18.4 Å². The fourth-order valence-electron chi connectivity index (χ4n) is 2.37. The molecule has 2 aromatic rings. The van der Waals surface area contributed by atoms with Crippen molar-refractivity contribution in [2.45, 2.75) is 26.7 Å². The molecule has 1 aromatic heterocycles. The van der Waals surface area contributed by atoms with Gasteiger partial charge in [0, 0.05) is 19.5 Å². The summed E-state index contributed by atoms with van der Waals surface area (Å²) in [5, 5.41) is 2.52. The van der Waals surface area contributed by atoms with Crippen LogP contribution in [0.5, 0.6) is 0 Å². The minimum absolute atomic E-state index is 0.0942. The van der Waals surface area contributed by atoms with E-state index in [1.165, 1.54) is 18.4 Å². The molecule has 6 heteroatoms. The van der Waals surface area contributed by atoms with Crippen LogP contribution in [0.1, 0.15) is 35.9 Å². The zero-order chi connectivity index (χ0) is 17.5. The molecule has 128 valence electrons. The van der Waals surface area contributed by atoms with Gasteiger partial charge in [-0.3, -0.25) is 9.59 Å². The van der Waals surface area contributed by atoms with Crippen LogP contribution in [0.15, 0.2) is 41.0 Å². The Morgan fingerprint density at radius 3 is 2.58 bits per heavy atom. The number of carbonyl (C=O) groups excluding carboxylic acids is 2. The molecule has 0 aliphatic carbocycles. The number of nitrogens with zero attached hydrogens (tertiary/aromatic N) is 1. The number of halogens is 1. The number of amides is 2. The molecular formula is C18H21FN2O3. The number of benzene rings is 1. The van der Waals surface area contributed by atoms with E-state index < -0.39 is 5.82 Å². The van der Waals surface area contributed by atoms with Crippen LogP contribution in [0, 0.1) is 12.7 Å². The predicted octanol–water partition coefficient (Wildman–Crippen LogP) is 3.61. The van der Waals surface area contributed by atoms with Crippen LogP contribution in [0.25, 0.3) is 0 Å². The van der Waals surface area contributed by atoms with E-state index in [9.17, 15) is 14.0 Å². The number of anilines is 1. The van der Waals surface area contributed by atoms with Crippen molar-refractivity contribution < 1.29 is 18.4 Å². The van der Waals surface area contributed by atoms with Crippen molar-refractivity contribution >= 4 is 17.5 Å². The second-order valence-electron chi connectivity index (χ2n) is 5.46. The van der Waals surface area contributed by atoms with E-state index >= 15 is 0 Å². The van der Waals surface area contributed by atoms with Crippen LogP contribution in [0.3, 0.4) is 0 Å². The smallest absolute Gasteiger partial charge is 0.257 e. The fraction of sp³-hybridized carbons (Fsp3) is 0.333. The first-order valence-electron chi connectivity index (χ1n) is 7.90. The second-order valence-corrected chi connectivity index (χ2v) is 5.46. The Kier molecular flexibility index (Phi) is 6.12. The van der Waals surface area contributed by atoms with Crippen molar-refractivity contribution in [2.24, 2.45) is 0 Å². The number of hydrogen-bond acceptors (Lipinski definition) is 3. The molecule has 1 N–H and O–H groups in total. The number of para-hydroxylation sites is 1. The van der Waals surface area contributed by atoms with E-state index in [1.807, 2.05) is 6.92 Å². The van der Waals surface area contributed by atoms with E-state index in [1.54, 1.807) is 30.0 Å². The van der Waals surface area contributed by atoms with Gasteiger partial charge in [0.1, 0.15) is 11.6 Å². The third-order valence-corrected chi connectivity index (χ3v) is 3.63. The number of nitrogens with one attached hydrogen (secondary N) is 1. The quantitative estimate of drug-likeness (QED) is 0.842. The second kappa shape index (κ2) is 8.29. The van der Waals surface area contributed by atoms with Gasteiger partial charge in [0.2, 0.25) is 5.91 Å². The highest BCUT2D eigenvalue weighted by molar-refractivity contribution is 5.96. The first kappa shape index (κ1) is 17.7. The molecule has 1 heterocycles. The number of rotatable bonds is 7. The average molecular weight is 332 g/mol. The van der Waals surface area contributed by atoms with Crippen LogP contribution in [-0.2, 0) is 4.79 Å². The molecule has 1 aromatic carbocycles. The predicted molar refractivity (Wildman–Crippen MR) is 89.3 cm³/mol. The summed E-state index contributed by atoms with van der Waals surface area (Å²) in [7, 11) is 0. The van der Waals surface area contributed by atoms with Gasteiger partial charge in [-0.1, -0.05) is 19.1 Å². The molecule has 0 saturated heterocycles. The SMILES string of the molecule is CCCN(CCC(=O)Nc1ccccc1F)C(=O)c1ccoc1C. The van der Waals surface area contributed by atoms with Gasteiger partial charge in [0.25, 0.3) is 5.91 Å². The average Bonchev–Trinajstić information content (AvgIpc) is 2.99. The summed E-state index contributed by atoms with van der Waals surface area (Å²) in [6.45, 7) is 4.48. The zero-order valence-electron chi connectivity index (χ0n) is 13.8. The molecule has 0 radical (unpaired) electrons. The number of aryl methyl sites for hydroxylation is 1. The molecule has 2 amide bonds. The summed E-state index contributed by atoms with van der Waals surface area (Å²) in [5.41, 5.74) is 0.638. The first-order valence-corrected chi connectivity index (χ1v) is 7.90. The normalized spacial score (nSPS) is 10.5. The zero-order valence-corrected chi connectivity index (χ0v) is 13.8. The Bertz CT molecular complexity index is 712. The fourth-order valence-corrected chi connectivity index (χ4v) is 2.37. The summed E-state index contributed by atoms with van der Waals surface area (Å²) in [6, 6.07) is 7.61. The summed E-state index contributed by atoms with van der Waals surface area (Å²) in [5.74, 6) is -0.432. The van der Waals surface area contributed by atoms with Crippen LogP contribution in [0.4, 0.5) is 10.1 Å². The lowest BCUT2D eigenvalue weighted by Gasteiger charge is -2.21. The lowest BCUT2D eigenvalue weighted by atomic mass is 10.2. The van der Waals surface area contributed by atoms with Crippen LogP contribution >= 0.6 is 0 Å². The third-order valence-electron chi connectivity index (χ3n) is 3.63. The molecule has 0 saturated carbocycles. The molecule has 0 aliphatic heterocycles. The highest BCUT2D eigenvalue weighted by atomic mass is 19.1. The lowest BCUT2D eigenvalue weighted by Crippen LogP contribution is -2.34. The van der Waals surface area contributed by atoms with Gasteiger partial charge < -0.3 is 14.6 Å². The highest BCUT2D eigenvalue weighted by Crippen LogP contribution is 2.14. The maximum absolute atomic E-state index is 13.5. The van der Waals surface area contributed by atoms with Crippen LogP contribution in [0.2, 0.25) is 0 Å². The van der Waals surface area contributed by atoms with E-state index in [2.05, 4.69) is 5.32 Å². The number of carbonyl (C=O) groups is 2. The highest BCUT2D eigenvalue weighted by Gasteiger charge is 2.19. The van der Waals surface area contributed by atoms with E-state index in [-0.39, 0.29) is 30.5 Å². The largest absolute Gasteiger partial charge is 0.469 e. The minimum Gasteiger partial charge on any atom is -0.469 e. The summed E-state index contributed by atoms with van der Waals surface area (Å²) in [6.07, 6.45) is 2.34. The topological polar surface area (TPSA) is 62.6 Å². The molecule has 0 aliphatic rings. The number of furan rings is 1. The molecule has 2 rings (SSSR count). The minimum atomic E-state index is -0.485. The molecule has 5 nitrogen and oxygen atoms in total. The van der Waals surface area contributed by atoms with Crippen molar-refractivity contribution in [3.63, 3.8) is 0 Å². The van der Waals surface area contributed by atoms with Gasteiger partial charge in [-0.15, -0.1) is 0 Å². The molecular weight excluding hydrogens is 311 g/mol. The summed E-state index contributed by atoms with van der Waals surface area (Å²) in [4.78, 5) is 26.1. The molecule has 0 spiro atoms. The lowest BCUT2D eigenvalue weighted by molar-refractivity contribution is -0.116. The maximum Gasteiger partial charge on any atom is 0.257 e. The van der Waals surface area contributed by atoms with Gasteiger partial charge in [0.15, 0.2) is 0 Å². The first-order chi connectivity index (χ1) is 11.5. The maximum atomic E-state index is 13.5. The van der Waals surface area contributed by atoms with E-state index in [0.717, 1.165) is 6.42 Å². The Morgan fingerprint density at radius 2 is 1.96 bits per heavy atom. The van der Waals surface area contributed by atoms with Gasteiger partial charge >= 0.3 is 0 Å². The molecule has 0 fully saturated rings. The Labute approximate surface area is 140 Å². The molecule has 0 bridgehead atoms. The molecule has 0 atom stereocenters. The van der Waals surface area contributed by atoms with Crippen molar-refractivity contribution in [1.29, 1.82) is 0 Å².